The summed E-state index contributed by atoms with van der Waals surface area (Å²) in [5, 5.41) is 9.48. The molecule has 2 aromatic carbocycles. The number of benzene rings is 2. The molecule has 1 N–H and O–H groups in total. The maximum Gasteiger partial charge on any atom is 0.146 e. The van der Waals surface area contributed by atoms with Crippen LogP contribution in [0, 0.1) is 5.82 Å². The largest absolute Gasteiger partial charge is 0.508 e. The number of hydrogen-bond donors (Lipinski definition) is 1. The lowest BCUT2D eigenvalue weighted by atomic mass is 10.1. The van der Waals surface area contributed by atoms with Crippen molar-refractivity contribution in [3.8, 4) is 5.75 Å². The number of rotatable bonds is 3. The van der Waals surface area contributed by atoms with Gasteiger partial charge in [0, 0.05) is 7.05 Å². The summed E-state index contributed by atoms with van der Waals surface area (Å²) in [5.41, 5.74) is 1.49. The van der Waals surface area contributed by atoms with E-state index in [0.717, 1.165) is 5.56 Å². The molecule has 1 atom stereocenters. The van der Waals surface area contributed by atoms with Crippen molar-refractivity contribution in [2.75, 3.05) is 11.9 Å². The fourth-order valence-electron chi connectivity index (χ4n) is 1.95. The molecule has 0 saturated heterocycles. The van der Waals surface area contributed by atoms with Crippen LogP contribution in [0.25, 0.3) is 0 Å². The first-order chi connectivity index (χ1) is 8.59. The van der Waals surface area contributed by atoms with E-state index in [0.29, 0.717) is 5.69 Å². The maximum absolute atomic E-state index is 13.7. The fourth-order valence-corrected chi connectivity index (χ4v) is 1.95. The first-order valence-electron chi connectivity index (χ1n) is 5.86. The van der Waals surface area contributed by atoms with E-state index in [4.69, 9.17) is 0 Å². The van der Waals surface area contributed by atoms with Gasteiger partial charge in [0.15, 0.2) is 0 Å². The molecule has 0 aromatic heterocycles. The number of nitrogens with zero attached hydrogens (tertiary/aromatic N) is 1. The molecule has 18 heavy (non-hydrogen) atoms. The number of anilines is 1. The molecule has 0 aliphatic rings. The van der Waals surface area contributed by atoms with Gasteiger partial charge in [-0.1, -0.05) is 24.3 Å². The van der Waals surface area contributed by atoms with Crippen LogP contribution in [0.1, 0.15) is 18.5 Å². The average molecular weight is 245 g/mol. The van der Waals surface area contributed by atoms with Gasteiger partial charge in [0.25, 0.3) is 0 Å². The van der Waals surface area contributed by atoms with Crippen LogP contribution in [0.5, 0.6) is 5.75 Å². The van der Waals surface area contributed by atoms with E-state index in [9.17, 15) is 9.50 Å². The first kappa shape index (κ1) is 12.4. The zero-order valence-electron chi connectivity index (χ0n) is 10.5. The third-order valence-electron chi connectivity index (χ3n) is 3.17. The molecule has 0 saturated carbocycles. The normalized spacial score (nSPS) is 12.2. The van der Waals surface area contributed by atoms with Gasteiger partial charge < -0.3 is 10.0 Å². The standard InChI is InChI=1S/C15H16FNO/c1-11(12-6-5-7-13(18)10-12)17(2)15-9-4-3-8-14(15)16/h3-11,18H,1-2H3. The van der Waals surface area contributed by atoms with Crippen molar-refractivity contribution in [3.63, 3.8) is 0 Å². The quantitative estimate of drug-likeness (QED) is 0.890. The Morgan fingerprint density at radius 1 is 1.11 bits per heavy atom. The van der Waals surface area contributed by atoms with Crippen LogP contribution >= 0.6 is 0 Å². The van der Waals surface area contributed by atoms with Gasteiger partial charge in [0.1, 0.15) is 11.6 Å². The SMILES string of the molecule is CC(c1cccc(O)c1)N(C)c1ccccc1F. The Morgan fingerprint density at radius 3 is 2.50 bits per heavy atom. The van der Waals surface area contributed by atoms with Crippen molar-refractivity contribution in [3.05, 3.63) is 59.9 Å². The number of phenols is 1. The second kappa shape index (κ2) is 5.08. The summed E-state index contributed by atoms with van der Waals surface area (Å²) in [6.07, 6.45) is 0. The summed E-state index contributed by atoms with van der Waals surface area (Å²) in [6.45, 7) is 1.97. The van der Waals surface area contributed by atoms with Crippen molar-refractivity contribution in [2.45, 2.75) is 13.0 Å². The number of aromatic hydroxyl groups is 1. The Morgan fingerprint density at radius 2 is 1.83 bits per heavy atom. The van der Waals surface area contributed by atoms with Gasteiger partial charge in [-0.25, -0.2) is 4.39 Å². The van der Waals surface area contributed by atoms with Crippen molar-refractivity contribution < 1.29 is 9.50 Å². The van der Waals surface area contributed by atoms with Crippen molar-refractivity contribution in [2.24, 2.45) is 0 Å². The van der Waals surface area contributed by atoms with Gasteiger partial charge in [-0.05, 0) is 36.8 Å². The molecule has 2 aromatic rings. The van der Waals surface area contributed by atoms with E-state index in [1.807, 2.05) is 31.0 Å². The van der Waals surface area contributed by atoms with Gasteiger partial charge >= 0.3 is 0 Å². The summed E-state index contributed by atoms with van der Waals surface area (Å²) in [4.78, 5) is 1.85. The van der Waals surface area contributed by atoms with Crippen LogP contribution in [0.2, 0.25) is 0 Å². The maximum atomic E-state index is 13.7. The summed E-state index contributed by atoms with van der Waals surface area (Å²) in [7, 11) is 1.84. The zero-order valence-corrected chi connectivity index (χ0v) is 10.5. The molecule has 0 amide bonds. The Kier molecular flexibility index (Phi) is 3.51. The topological polar surface area (TPSA) is 23.5 Å². The molecule has 2 rings (SSSR count). The lowest BCUT2D eigenvalue weighted by Gasteiger charge is -2.27. The molecule has 2 nitrogen and oxygen atoms in total. The minimum Gasteiger partial charge on any atom is -0.508 e. The van der Waals surface area contributed by atoms with Crippen molar-refractivity contribution in [1.29, 1.82) is 0 Å². The molecular formula is C15H16FNO. The Balaban J connectivity index is 2.29. The summed E-state index contributed by atoms with van der Waals surface area (Å²) < 4.78 is 13.7. The van der Waals surface area contributed by atoms with Gasteiger partial charge in [-0.15, -0.1) is 0 Å². The minimum absolute atomic E-state index is 0.0194. The molecular weight excluding hydrogens is 229 g/mol. The van der Waals surface area contributed by atoms with Crippen LogP contribution in [-0.4, -0.2) is 12.2 Å². The second-order valence-electron chi connectivity index (χ2n) is 4.33. The van der Waals surface area contributed by atoms with E-state index in [1.54, 1.807) is 30.3 Å². The van der Waals surface area contributed by atoms with E-state index in [1.165, 1.54) is 6.07 Å². The molecule has 0 bridgehead atoms. The van der Waals surface area contributed by atoms with Crippen LogP contribution in [-0.2, 0) is 0 Å². The first-order valence-corrected chi connectivity index (χ1v) is 5.86. The van der Waals surface area contributed by atoms with Crippen LogP contribution < -0.4 is 4.90 Å². The molecule has 0 aliphatic heterocycles. The van der Waals surface area contributed by atoms with E-state index in [2.05, 4.69) is 0 Å². The molecule has 0 fully saturated rings. The Bertz CT molecular complexity index is 542. The predicted octanol–water partition coefficient (Wildman–Crippen LogP) is 3.73. The molecule has 94 valence electrons. The number of phenolic OH excluding ortho intramolecular Hbond substituents is 1. The molecule has 1 unspecified atom stereocenters. The third-order valence-corrected chi connectivity index (χ3v) is 3.17. The highest BCUT2D eigenvalue weighted by atomic mass is 19.1. The lowest BCUT2D eigenvalue weighted by molar-refractivity contribution is 0.473. The number of para-hydroxylation sites is 1. The molecule has 0 heterocycles. The lowest BCUT2D eigenvalue weighted by Crippen LogP contribution is -2.22. The van der Waals surface area contributed by atoms with Crippen LogP contribution in [0.3, 0.4) is 0 Å². The van der Waals surface area contributed by atoms with Gasteiger partial charge in [-0.3, -0.25) is 0 Å². The monoisotopic (exact) mass is 245 g/mol. The smallest absolute Gasteiger partial charge is 0.146 e. The second-order valence-corrected chi connectivity index (χ2v) is 4.33. The summed E-state index contributed by atoms with van der Waals surface area (Å²) >= 11 is 0. The zero-order chi connectivity index (χ0) is 13.1. The number of hydrogen-bond acceptors (Lipinski definition) is 2. The highest BCUT2D eigenvalue weighted by molar-refractivity contribution is 5.49. The Labute approximate surface area is 106 Å². The van der Waals surface area contributed by atoms with E-state index in [-0.39, 0.29) is 17.6 Å². The Hall–Kier alpha value is -2.03. The van der Waals surface area contributed by atoms with E-state index >= 15 is 0 Å². The van der Waals surface area contributed by atoms with Gasteiger partial charge in [-0.2, -0.15) is 0 Å². The summed E-state index contributed by atoms with van der Waals surface area (Å²) in [6, 6.07) is 13.7. The molecule has 3 heteroatoms. The minimum atomic E-state index is -0.244. The van der Waals surface area contributed by atoms with Gasteiger partial charge in [0.05, 0.1) is 11.7 Å². The van der Waals surface area contributed by atoms with Crippen LogP contribution in [0.4, 0.5) is 10.1 Å². The highest BCUT2D eigenvalue weighted by Crippen LogP contribution is 2.28. The fraction of sp³-hybridized carbons (Fsp3) is 0.200. The highest BCUT2D eigenvalue weighted by Gasteiger charge is 2.15. The van der Waals surface area contributed by atoms with E-state index < -0.39 is 0 Å². The van der Waals surface area contributed by atoms with Crippen LogP contribution in [0.15, 0.2) is 48.5 Å². The average Bonchev–Trinajstić information content (AvgIpc) is 2.37. The predicted molar refractivity (Wildman–Crippen MR) is 71.3 cm³/mol. The molecule has 0 radical (unpaired) electrons. The number of halogens is 1. The third kappa shape index (κ3) is 2.45. The molecule has 0 aliphatic carbocycles. The van der Waals surface area contributed by atoms with Crippen molar-refractivity contribution in [1.82, 2.24) is 0 Å². The van der Waals surface area contributed by atoms with Crippen molar-refractivity contribution >= 4 is 5.69 Å². The molecule has 0 spiro atoms. The summed E-state index contributed by atoms with van der Waals surface area (Å²) in [5.74, 6) is -0.0201. The van der Waals surface area contributed by atoms with Gasteiger partial charge in [0.2, 0.25) is 0 Å².